The van der Waals surface area contributed by atoms with Gasteiger partial charge in [-0.05, 0) is 73.0 Å². The van der Waals surface area contributed by atoms with Gasteiger partial charge in [0.05, 0.1) is 4.47 Å². The van der Waals surface area contributed by atoms with Gasteiger partial charge < -0.3 is 25.0 Å². The van der Waals surface area contributed by atoms with Gasteiger partial charge in [0.25, 0.3) is 0 Å². The van der Waals surface area contributed by atoms with Crippen LogP contribution in [0.1, 0.15) is 39.2 Å². The monoisotopic (exact) mass is 426 g/mol. The molecule has 1 heterocycles. The van der Waals surface area contributed by atoms with Crippen molar-refractivity contribution in [2.45, 2.75) is 46.2 Å². The molecule has 0 spiro atoms. The van der Waals surface area contributed by atoms with Crippen LogP contribution in [0.5, 0.6) is 11.5 Å². The Balaban J connectivity index is 1.78. The molecule has 1 atom stereocenters. The number of nitrogens with one attached hydrogen (secondary N) is 2. The lowest BCUT2D eigenvalue weighted by Gasteiger charge is -2.21. The van der Waals surface area contributed by atoms with Crippen molar-refractivity contribution in [1.29, 1.82) is 0 Å². The summed E-state index contributed by atoms with van der Waals surface area (Å²) in [5.41, 5.74) is 1.11. The molecule has 0 aromatic heterocycles. The number of ether oxygens (including phenoxy) is 2. The van der Waals surface area contributed by atoms with Gasteiger partial charge in [-0.25, -0.2) is 0 Å². The van der Waals surface area contributed by atoms with Gasteiger partial charge in [0.2, 0.25) is 6.79 Å². The number of hydrogen-bond acceptors (Lipinski definition) is 4. The van der Waals surface area contributed by atoms with Crippen LogP contribution in [0.3, 0.4) is 0 Å². The molecular formula is C19H31BrN4O2. The number of fused-ring (bicyclic) bond motifs is 1. The summed E-state index contributed by atoms with van der Waals surface area (Å²) in [5, 5.41) is 6.83. The number of nitrogens with zero attached hydrogens (tertiary/aromatic N) is 2. The summed E-state index contributed by atoms with van der Waals surface area (Å²) in [6, 6.07) is 4.42. The summed E-state index contributed by atoms with van der Waals surface area (Å²) >= 11 is 3.53. The van der Waals surface area contributed by atoms with E-state index in [0.717, 1.165) is 53.5 Å². The first-order chi connectivity index (χ1) is 12.6. The van der Waals surface area contributed by atoms with E-state index in [1.807, 2.05) is 12.1 Å². The molecule has 0 bridgehead atoms. The van der Waals surface area contributed by atoms with Gasteiger partial charge in [0.15, 0.2) is 17.5 Å². The third kappa shape index (κ3) is 6.06. The van der Waals surface area contributed by atoms with E-state index in [9.17, 15) is 0 Å². The first-order valence-corrected chi connectivity index (χ1v) is 10.1. The molecule has 6 nitrogen and oxygen atoms in total. The van der Waals surface area contributed by atoms with Crippen molar-refractivity contribution in [1.82, 2.24) is 15.5 Å². The largest absolute Gasteiger partial charge is 0.454 e. The van der Waals surface area contributed by atoms with E-state index in [1.165, 1.54) is 6.42 Å². The van der Waals surface area contributed by atoms with Crippen LogP contribution in [0.25, 0.3) is 0 Å². The average Bonchev–Trinajstić information content (AvgIpc) is 3.11. The molecule has 1 aromatic rings. The minimum absolute atomic E-state index is 0.277. The van der Waals surface area contributed by atoms with Gasteiger partial charge in [-0.1, -0.05) is 13.8 Å². The second kappa shape index (κ2) is 10.6. The molecule has 26 heavy (non-hydrogen) atoms. The minimum atomic E-state index is 0.277. The Morgan fingerprint density at radius 3 is 2.77 bits per heavy atom. The Morgan fingerprint density at radius 2 is 2.08 bits per heavy atom. The number of rotatable bonds is 9. The maximum absolute atomic E-state index is 5.47. The highest BCUT2D eigenvalue weighted by atomic mass is 79.9. The smallest absolute Gasteiger partial charge is 0.231 e. The maximum Gasteiger partial charge on any atom is 0.231 e. The molecule has 7 heteroatoms. The van der Waals surface area contributed by atoms with Gasteiger partial charge in [0.1, 0.15) is 0 Å². The van der Waals surface area contributed by atoms with Crippen molar-refractivity contribution in [2.75, 3.05) is 33.5 Å². The summed E-state index contributed by atoms with van der Waals surface area (Å²) in [5.74, 6) is 2.37. The van der Waals surface area contributed by atoms with Crippen LogP contribution in [0.4, 0.5) is 0 Å². The molecule has 0 radical (unpaired) electrons. The minimum Gasteiger partial charge on any atom is -0.454 e. The normalized spacial score (nSPS) is 14.6. The third-order valence-corrected chi connectivity index (χ3v) is 5.15. The Morgan fingerprint density at radius 1 is 1.31 bits per heavy atom. The van der Waals surface area contributed by atoms with Gasteiger partial charge >= 0.3 is 0 Å². The molecule has 0 saturated heterocycles. The summed E-state index contributed by atoms with van der Waals surface area (Å²) in [4.78, 5) is 6.79. The van der Waals surface area contributed by atoms with Crippen molar-refractivity contribution in [3.63, 3.8) is 0 Å². The van der Waals surface area contributed by atoms with Crippen molar-refractivity contribution in [3.8, 4) is 11.5 Å². The van der Waals surface area contributed by atoms with Gasteiger partial charge in [0, 0.05) is 19.6 Å². The Hall–Kier alpha value is -1.47. The van der Waals surface area contributed by atoms with Crippen molar-refractivity contribution in [2.24, 2.45) is 4.99 Å². The summed E-state index contributed by atoms with van der Waals surface area (Å²) in [6.07, 6.45) is 2.30. The highest BCUT2D eigenvalue weighted by Crippen LogP contribution is 2.39. The predicted molar refractivity (Wildman–Crippen MR) is 110 cm³/mol. The van der Waals surface area contributed by atoms with Crippen LogP contribution >= 0.6 is 15.9 Å². The molecule has 146 valence electrons. The lowest BCUT2D eigenvalue weighted by atomic mass is 10.1. The van der Waals surface area contributed by atoms with Gasteiger partial charge in [-0.2, -0.15) is 0 Å². The van der Waals surface area contributed by atoms with Crippen LogP contribution in [0, 0.1) is 0 Å². The van der Waals surface area contributed by atoms with Gasteiger partial charge in [-0.3, -0.25) is 4.99 Å². The second-order valence-corrected chi connectivity index (χ2v) is 7.31. The lowest BCUT2D eigenvalue weighted by Crippen LogP contribution is -2.42. The maximum atomic E-state index is 5.47. The van der Waals surface area contributed by atoms with E-state index in [-0.39, 0.29) is 6.79 Å². The topological polar surface area (TPSA) is 58.1 Å². The first kappa shape index (κ1) is 20.8. The average molecular weight is 427 g/mol. The highest BCUT2D eigenvalue weighted by Gasteiger charge is 2.18. The van der Waals surface area contributed by atoms with E-state index in [1.54, 1.807) is 7.05 Å². The van der Waals surface area contributed by atoms with Crippen LogP contribution in [-0.2, 0) is 6.54 Å². The van der Waals surface area contributed by atoms with Crippen molar-refractivity contribution >= 4 is 21.9 Å². The Bertz CT molecular complexity index is 605. The van der Waals surface area contributed by atoms with E-state index >= 15 is 0 Å². The Labute approximate surface area is 165 Å². The fraction of sp³-hybridized carbons (Fsp3) is 0.632. The number of aliphatic imine (C=N–C) groups is 1. The molecule has 0 fully saturated rings. The van der Waals surface area contributed by atoms with E-state index < -0.39 is 0 Å². The fourth-order valence-corrected chi connectivity index (χ4v) is 3.57. The molecular weight excluding hydrogens is 396 g/mol. The molecule has 1 aliphatic heterocycles. The van der Waals surface area contributed by atoms with Crippen LogP contribution in [0.2, 0.25) is 0 Å². The molecule has 1 aromatic carbocycles. The summed E-state index contributed by atoms with van der Waals surface area (Å²) < 4.78 is 11.8. The zero-order chi connectivity index (χ0) is 18.9. The van der Waals surface area contributed by atoms with E-state index in [2.05, 4.69) is 57.2 Å². The molecule has 0 saturated carbocycles. The van der Waals surface area contributed by atoms with Crippen LogP contribution in [-0.4, -0.2) is 50.4 Å². The number of hydrogen-bond donors (Lipinski definition) is 2. The van der Waals surface area contributed by atoms with E-state index in [0.29, 0.717) is 12.6 Å². The quantitative estimate of drug-likeness (QED) is 0.468. The first-order valence-electron chi connectivity index (χ1n) is 9.34. The molecule has 1 aliphatic rings. The summed E-state index contributed by atoms with van der Waals surface area (Å²) in [6.45, 7) is 11.0. The van der Waals surface area contributed by atoms with Crippen LogP contribution < -0.4 is 20.1 Å². The number of guanidine groups is 1. The van der Waals surface area contributed by atoms with E-state index in [4.69, 9.17) is 9.47 Å². The van der Waals surface area contributed by atoms with Crippen molar-refractivity contribution < 1.29 is 9.47 Å². The predicted octanol–water partition coefficient (Wildman–Crippen LogP) is 3.35. The zero-order valence-corrected chi connectivity index (χ0v) is 17.9. The molecule has 2 N–H and O–H groups in total. The zero-order valence-electron chi connectivity index (χ0n) is 16.3. The molecule has 0 amide bonds. The standard InChI is InChI=1S/C19H31BrN4O2/c1-5-24(6-2)9-7-8-14(3)23-19(21-4)22-12-15-10-16(20)18-17(11-15)25-13-26-18/h10-11,14H,5-9,12-13H2,1-4H3,(H2,21,22,23). The van der Waals surface area contributed by atoms with Gasteiger partial charge in [-0.15, -0.1) is 0 Å². The molecule has 0 aliphatic carbocycles. The molecule has 2 rings (SSSR count). The second-order valence-electron chi connectivity index (χ2n) is 6.45. The fourth-order valence-electron chi connectivity index (χ4n) is 2.97. The van der Waals surface area contributed by atoms with Crippen LogP contribution in [0.15, 0.2) is 21.6 Å². The van der Waals surface area contributed by atoms with Crippen molar-refractivity contribution in [3.05, 3.63) is 22.2 Å². The number of halogens is 1. The summed E-state index contributed by atoms with van der Waals surface area (Å²) in [7, 11) is 1.80. The number of benzene rings is 1. The Kier molecular flexibility index (Phi) is 8.51. The lowest BCUT2D eigenvalue weighted by molar-refractivity contribution is 0.173. The third-order valence-electron chi connectivity index (χ3n) is 4.56. The SMILES string of the molecule is CCN(CC)CCCC(C)NC(=NC)NCc1cc(Br)c2c(c1)OCO2. The highest BCUT2D eigenvalue weighted by molar-refractivity contribution is 9.10. The molecule has 1 unspecified atom stereocenters.